The van der Waals surface area contributed by atoms with E-state index in [9.17, 15) is 9.59 Å². The van der Waals surface area contributed by atoms with E-state index >= 15 is 0 Å². The molecule has 1 aromatic carbocycles. The van der Waals surface area contributed by atoms with E-state index in [1.807, 2.05) is 18.2 Å². The number of fused-ring (bicyclic) bond motifs is 1. The summed E-state index contributed by atoms with van der Waals surface area (Å²) in [4.78, 5) is 23.3. The molecule has 3 aliphatic rings. The molecule has 2 saturated carbocycles. The minimum absolute atomic E-state index is 0.0850. The number of amides is 1. The molecule has 1 heterocycles. The topological polar surface area (TPSA) is 75.6 Å². The highest BCUT2D eigenvalue weighted by molar-refractivity contribution is 5.82. The Kier molecular flexibility index (Phi) is 3.60. The zero-order valence-electron chi connectivity index (χ0n) is 12.9. The Morgan fingerprint density at radius 3 is 2.70 bits per heavy atom. The summed E-state index contributed by atoms with van der Waals surface area (Å²) in [5, 5.41) is 12.1. The average molecular weight is 315 g/mol. The minimum atomic E-state index is -0.756. The van der Waals surface area contributed by atoms with Crippen molar-refractivity contribution < 1.29 is 19.4 Å². The maximum atomic E-state index is 12.2. The third-order valence-corrected chi connectivity index (χ3v) is 5.57. The zero-order chi connectivity index (χ0) is 16.0. The number of hydrogen-bond donors (Lipinski definition) is 2. The number of ether oxygens (including phenoxy) is 1. The Labute approximate surface area is 135 Å². The molecule has 2 aliphatic carbocycles. The first-order valence-corrected chi connectivity index (χ1v) is 8.32. The fourth-order valence-corrected chi connectivity index (χ4v) is 4.01. The molecule has 5 heteroatoms. The summed E-state index contributed by atoms with van der Waals surface area (Å²) in [5.41, 5.74) is 1.34. The summed E-state index contributed by atoms with van der Waals surface area (Å²) >= 11 is 0. The van der Waals surface area contributed by atoms with Gasteiger partial charge in [-0.1, -0.05) is 30.3 Å². The highest BCUT2D eigenvalue weighted by atomic mass is 16.5. The van der Waals surface area contributed by atoms with E-state index in [-0.39, 0.29) is 23.7 Å². The maximum absolute atomic E-state index is 12.2. The monoisotopic (exact) mass is 315 g/mol. The summed E-state index contributed by atoms with van der Waals surface area (Å²) in [6.07, 6.45) is 1.18. The highest BCUT2D eigenvalue weighted by Gasteiger charge is 2.58. The summed E-state index contributed by atoms with van der Waals surface area (Å²) in [5.74, 6) is 0.140. The molecule has 0 aromatic heterocycles. The van der Waals surface area contributed by atoms with Gasteiger partial charge in [0.1, 0.15) is 6.10 Å². The van der Waals surface area contributed by atoms with Crippen molar-refractivity contribution in [3.8, 4) is 0 Å². The zero-order valence-corrected chi connectivity index (χ0v) is 12.9. The van der Waals surface area contributed by atoms with Crippen molar-refractivity contribution in [1.29, 1.82) is 0 Å². The quantitative estimate of drug-likeness (QED) is 0.866. The minimum Gasteiger partial charge on any atom is -0.481 e. The number of rotatable bonds is 5. The van der Waals surface area contributed by atoms with Gasteiger partial charge in [-0.3, -0.25) is 9.59 Å². The van der Waals surface area contributed by atoms with Crippen molar-refractivity contribution in [3.05, 3.63) is 35.9 Å². The van der Waals surface area contributed by atoms with Crippen LogP contribution >= 0.6 is 0 Å². The lowest BCUT2D eigenvalue weighted by Crippen LogP contribution is -2.39. The number of carbonyl (C=O) groups is 2. The van der Waals surface area contributed by atoms with Gasteiger partial charge in [0.2, 0.25) is 5.91 Å². The number of hydrogen-bond acceptors (Lipinski definition) is 3. The molecule has 0 radical (unpaired) electrons. The molecule has 4 rings (SSSR count). The molecule has 2 N–H and O–H groups in total. The van der Waals surface area contributed by atoms with Gasteiger partial charge in [-0.25, -0.2) is 0 Å². The van der Waals surface area contributed by atoms with Crippen LogP contribution in [-0.4, -0.2) is 36.2 Å². The van der Waals surface area contributed by atoms with Gasteiger partial charge in [-0.15, -0.1) is 0 Å². The third kappa shape index (κ3) is 2.85. The van der Waals surface area contributed by atoms with Crippen LogP contribution in [0.25, 0.3) is 0 Å². The average Bonchev–Trinajstić information content (AvgIpc) is 3.46. The van der Waals surface area contributed by atoms with Crippen molar-refractivity contribution in [1.82, 2.24) is 5.32 Å². The second-order valence-corrected chi connectivity index (χ2v) is 7.01. The fourth-order valence-electron chi connectivity index (χ4n) is 4.01. The van der Waals surface area contributed by atoms with Crippen LogP contribution in [-0.2, 0) is 14.3 Å². The number of carboxylic acid groups (broad SMARTS) is 1. The predicted molar refractivity (Wildman–Crippen MR) is 82.8 cm³/mol. The van der Waals surface area contributed by atoms with Gasteiger partial charge >= 0.3 is 5.97 Å². The fraction of sp³-hybridized carbons (Fsp3) is 0.556. The molecular formula is C18H21NO4. The normalized spacial score (nSPS) is 37.6. The van der Waals surface area contributed by atoms with Crippen LogP contribution in [0.3, 0.4) is 0 Å². The van der Waals surface area contributed by atoms with Crippen LogP contribution in [0.5, 0.6) is 0 Å². The first-order valence-electron chi connectivity index (χ1n) is 8.32. The Morgan fingerprint density at radius 2 is 1.96 bits per heavy atom. The van der Waals surface area contributed by atoms with Gasteiger partial charge in [0.05, 0.1) is 12.5 Å². The largest absolute Gasteiger partial charge is 0.481 e. The SMILES string of the molecule is O=C(O)[C@@H]1[C@@H]2CO[C@H](C(=O)NC[C@H]3C[C@@H]3c3ccccc3)C[C@@H]21. The Morgan fingerprint density at radius 1 is 1.17 bits per heavy atom. The Balaban J connectivity index is 1.24. The number of aliphatic carboxylic acids is 1. The predicted octanol–water partition coefficient (Wildman–Crippen LogP) is 1.64. The Bertz CT molecular complexity index is 617. The smallest absolute Gasteiger partial charge is 0.307 e. The van der Waals surface area contributed by atoms with Gasteiger partial charge < -0.3 is 15.2 Å². The Hall–Kier alpha value is -1.88. The van der Waals surface area contributed by atoms with Crippen LogP contribution in [0, 0.1) is 23.7 Å². The molecule has 1 aromatic rings. The lowest BCUT2D eigenvalue weighted by Gasteiger charge is -2.21. The summed E-state index contributed by atoms with van der Waals surface area (Å²) in [6, 6.07) is 10.4. The van der Waals surface area contributed by atoms with Crippen molar-refractivity contribution in [2.75, 3.05) is 13.2 Å². The van der Waals surface area contributed by atoms with Crippen molar-refractivity contribution >= 4 is 11.9 Å². The highest BCUT2D eigenvalue weighted by Crippen LogP contribution is 2.52. The molecule has 1 amide bonds. The molecule has 23 heavy (non-hydrogen) atoms. The third-order valence-electron chi connectivity index (χ3n) is 5.57. The van der Waals surface area contributed by atoms with Gasteiger partial charge in [0.25, 0.3) is 0 Å². The molecule has 0 spiro atoms. The molecule has 1 aliphatic heterocycles. The van der Waals surface area contributed by atoms with E-state index in [1.165, 1.54) is 5.56 Å². The number of carbonyl (C=O) groups excluding carboxylic acids is 1. The van der Waals surface area contributed by atoms with E-state index in [1.54, 1.807) is 0 Å². The first-order chi connectivity index (χ1) is 11.1. The van der Waals surface area contributed by atoms with E-state index in [2.05, 4.69) is 17.4 Å². The molecule has 0 unspecified atom stereocenters. The van der Waals surface area contributed by atoms with Crippen LogP contribution < -0.4 is 5.32 Å². The standard InChI is InChI=1S/C18H21NO4/c20-17(15-7-13-14(9-23-15)16(13)18(21)22)19-8-11-6-12(11)10-4-2-1-3-5-10/h1-5,11-16H,6-9H2,(H,19,20)(H,21,22)/t11-,12-,13+,14-,15+,16+/m1/s1. The first kappa shape index (κ1) is 14.7. The van der Waals surface area contributed by atoms with Crippen molar-refractivity contribution in [3.63, 3.8) is 0 Å². The lowest BCUT2D eigenvalue weighted by atomic mass is 10.1. The van der Waals surface area contributed by atoms with E-state index in [0.717, 1.165) is 6.42 Å². The van der Waals surface area contributed by atoms with Gasteiger partial charge in [-0.2, -0.15) is 0 Å². The van der Waals surface area contributed by atoms with E-state index in [4.69, 9.17) is 9.84 Å². The van der Waals surface area contributed by atoms with Crippen molar-refractivity contribution in [2.24, 2.45) is 23.7 Å². The number of nitrogens with one attached hydrogen (secondary N) is 1. The maximum Gasteiger partial charge on any atom is 0.307 e. The number of benzene rings is 1. The van der Waals surface area contributed by atoms with Crippen LogP contribution in [0.2, 0.25) is 0 Å². The summed E-state index contributed by atoms with van der Waals surface area (Å²) < 4.78 is 5.56. The lowest BCUT2D eigenvalue weighted by molar-refractivity contribution is -0.139. The van der Waals surface area contributed by atoms with E-state index < -0.39 is 12.1 Å². The molecule has 1 saturated heterocycles. The molecule has 122 valence electrons. The van der Waals surface area contributed by atoms with Crippen LogP contribution in [0.15, 0.2) is 30.3 Å². The van der Waals surface area contributed by atoms with Crippen molar-refractivity contribution in [2.45, 2.75) is 24.9 Å². The summed E-state index contributed by atoms with van der Waals surface area (Å²) in [6.45, 7) is 1.07. The molecule has 0 bridgehead atoms. The van der Waals surface area contributed by atoms with E-state index in [0.29, 0.717) is 31.4 Å². The molecule has 5 nitrogen and oxygen atoms in total. The van der Waals surface area contributed by atoms with Gasteiger partial charge in [0, 0.05) is 6.54 Å². The summed E-state index contributed by atoms with van der Waals surface area (Å²) in [7, 11) is 0. The molecule has 6 atom stereocenters. The van der Waals surface area contributed by atoms with Gasteiger partial charge in [-0.05, 0) is 42.1 Å². The van der Waals surface area contributed by atoms with Crippen LogP contribution in [0.4, 0.5) is 0 Å². The van der Waals surface area contributed by atoms with Crippen LogP contribution in [0.1, 0.15) is 24.3 Å². The molecular weight excluding hydrogens is 294 g/mol. The number of carboxylic acids is 1. The second kappa shape index (κ2) is 5.64. The second-order valence-electron chi connectivity index (χ2n) is 7.01. The molecule has 3 fully saturated rings. The van der Waals surface area contributed by atoms with Gasteiger partial charge in [0.15, 0.2) is 0 Å².